The van der Waals surface area contributed by atoms with E-state index in [0.29, 0.717) is 16.9 Å². The lowest BCUT2D eigenvalue weighted by Crippen LogP contribution is -2.37. The predicted octanol–water partition coefficient (Wildman–Crippen LogP) is 0.270. The Morgan fingerprint density at radius 2 is 1.95 bits per heavy atom. The van der Waals surface area contributed by atoms with Crippen LogP contribution in [0.3, 0.4) is 0 Å². The Labute approximate surface area is 122 Å². The van der Waals surface area contributed by atoms with E-state index in [1.807, 2.05) is 0 Å². The first-order chi connectivity index (χ1) is 9.83. The van der Waals surface area contributed by atoms with Gasteiger partial charge in [-0.3, -0.25) is 19.3 Å². The van der Waals surface area contributed by atoms with Gasteiger partial charge in [-0.05, 0) is 25.1 Å². The molecule has 1 rings (SSSR count). The van der Waals surface area contributed by atoms with Crippen molar-refractivity contribution in [1.82, 2.24) is 4.90 Å². The highest BCUT2D eigenvalue weighted by molar-refractivity contribution is 5.94. The maximum atomic E-state index is 11.4. The van der Waals surface area contributed by atoms with Gasteiger partial charge in [0.2, 0.25) is 5.91 Å². The molecule has 0 saturated heterocycles. The molecule has 0 bridgehead atoms. The van der Waals surface area contributed by atoms with Crippen LogP contribution in [0.5, 0.6) is 5.75 Å². The minimum absolute atomic E-state index is 0.112. The lowest BCUT2D eigenvalue weighted by atomic mass is 10.1. The number of hydrogen-bond donors (Lipinski definition) is 2. The number of aliphatic carboxylic acids is 1. The molecule has 0 aliphatic carbocycles. The zero-order chi connectivity index (χ0) is 16.0. The lowest BCUT2D eigenvalue weighted by molar-refractivity contribution is -0.138. The summed E-state index contributed by atoms with van der Waals surface area (Å²) in [6.45, 7) is 1.04. The average molecular weight is 294 g/mol. The fourth-order valence-electron chi connectivity index (χ4n) is 1.94. The number of hydrogen-bond acceptors (Lipinski definition) is 5. The summed E-state index contributed by atoms with van der Waals surface area (Å²) in [5, 5.41) is 8.86. The molecule has 3 N–H and O–H groups in total. The summed E-state index contributed by atoms with van der Waals surface area (Å²) in [6, 6.07) is 4.88. The van der Waals surface area contributed by atoms with Crippen molar-refractivity contribution in [3.05, 3.63) is 29.3 Å². The summed E-state index contributed by atoms with van der Waals surface area (Å²) in [7, 11) is 1.47. The molecular formula is C14H18N2O5. The number of ether oxygens (including phenoxy) is 1. The number of methoxy groups -OCH3 is 1. The summed E-state index contributed by atoms with van der Waals surface area (Å²) in [6.07, 6.45) is 0. The Balaban J connectivity index is 3.04. The summed E-state index contributed by atoms with van der Waals surface area (Å²) >= 11 is 0. The van der Waals surface area contributed by atoms with E-state index in [1.165, 1.54) is 18.9 Å². The van der Waals surface area contributed by atoms with E-state index in [-0.39, 0.29) is 25.4 Å². The third kappa shape index (κ3) is 5.23. The molecule has 7 nitrogen and oxygen atoms in total. The number of ketones is 1. The minimum atomic E-state index is -1.07. The quantitative estimate of drug-likeness (QED) is 0.666. The molecule has 0 radical (unpaired) electrons. The Morgan fingerprint density at radius 1 is 1.29 bits per heavy atom. The largest absolute Gasteiger partial charge is 0.496 e. The monoisotopic (exact) mass is 294 g/mol. The molecule has 1 aromatic carbocycles. The number of nitrogens with zero attached hydrogens (tertiary/aromatic N) is 1. The molecule has 0 unspecified atom stereocenters. The smallest absolute Gasteiger partial charge is 0.317 e. The number of benzene rings is 1. The van der Waals surface area contributed by atoms with E-state index in [2.05, 4.69) is 0 Å². The van der Waals surface area contributed by atoms with Gasteiger partial charge in [-0.15, -0.1) is 0 Å². The van der Waals surface area contributed by atoms with Gasteiger partial charge < -0.3 is 15.6 Å². The van der Waals surface area contributed by atoms with E-state index >= 15 is 0 Å². The number of nitrogens with two attached hydrogens (primary N) is 1. The summed E-state index contributed by atoms with van der Waals surface area (Å²) < 4.78 is 5.19. The fourth-order valence-corrected chi connectivity index (χ4v) is 1.94. The highest BCUT2D eigenvalue weighted by atomic mass is 16.5. The van der Waals surface area contributed by atoms with Crippen molar-refractivity contribution in [2.24, 2.45) is 5.73 Å². The van der Waals surface area contributed by atoms with Crippen molar-refractivity contribution in [3.63, 3.8) is 0 Å². The zero-order valence-corrected chi connectivity index (χ0v) is 12.0. The van der Waals surface area contributed by atoms with Crippen molar-refractivity contribution in [3.8, 4) is 5.75 Å². The van der Waals surface area contributed by atoms with Crippen LogP contribution < -0.4 is 10.5 Å². The Bertz CT molecular complexity index is 540. The number of carbonyl (C=O) groups is 3. The van der Waals surface area contributed by atoms with Crippen molar-refractivity contribution in [1.29, 1.82) is 0 Å². The second-order valence-corrected chi connectivity index (χ2v) is 4.59. The van der Waals surface area contributed by atoms with E-state index in [0.717, 1.165) is 0 Å². The molecule has 114 valence electrons. The van der Waals surface area contributed by atoms with Crippen LogP contribution in [0.4, 0.5) is 0 Å². The first kappa shape index (κ1) is 16.6. The maximum absolute atomic E-state index is 11.4. The molecule has 0 aromatic heterocycles. The molecule has 0 fully saturated rings. The summed E-state index contributed by atoms with van der Waals surface area (Å²) in [5.41, 5.74) is 6.22. The van der Waals surface area contributed by atoms with Crippen molar-refractivity contribution >= 4 is 17.7 Å². The molecular weight excluding hydrogens is 276 g/mol. The number of carbonyl (C=O) groups excluding carboxylic acids is 2. The molecule has 21 heavy (non-hydrogen) atoms. The normalized spacial score (nSPS) is 10.4. The predicted molar refractivity (Wildman–Crippen MR) is 75.1 cm³/mol. The number of carboxylic acid groups (broad SMARTS) is 1. The number of rotatable bonds is 8. The van der Waals surface area contributed by atoms with Gasteiger partial charge in [0.05, 0.1) is 20.2 Å². The van der Waals surface area contributed by atoms with Gasteiger partial charge in [-0.25, -0.2) is 0 Å². The molecule has 0 atom stereocenters. The highest BCUT2D eigenvalue weighted by Gasteiger charge is 2.16. The van der Waals surface area contributed by atoms with Crippen LogP contribution in [0.1, 0.15) is 22.8 Å². The molecule has 0 heterocycles. The van der Waals surface area contributed by atoms with E-state index < -0.39 is 11.9 Å². The Kier molecular flexibility index (Phi) is 5.86. The SMILES string of the molecule is COc1ccc(C(C)=O)cc1CN(CC(N)=O)CC(=O)O. The highest BCUT2D eigenvalue weighted by Crippen LogP contribution is 2.22. The van der Waals surface area contributed by atoms with Gasteiger partial charge in [0.15, 0.2) is 5.78 Å². The summed E-state index contributed by atoms with van der Waals surface area (Å²) in [5.74, 6) is -1.30. The maximum Gasteiger partial charge on any atom is 0.317 e. The van der Waals surface area contributed by atoms with Gasteiger partial charge in [-0.1, -0.05) is 0 Å². The van der Waals surface area contributed by atoms with Gasteiger partial charge in [0.25, 0.3) is 0 Å². The van der Waals surface area contributed by atoms with E-state index in [1.54, 1.807) is 18.2 Å². The second kappa shape index (κ2) is 7.39. The van der Waals surface area contributed by atoms with Crippen molar-refractivity contribution < 1.29 is 24.2 Å². The molecule has 1 aromatic rings. The first-order valence-corrected chi connectivity index (χ1v) is 6.23. The lowest BCUT2D eigenvalue weighted by Gasteiger charge is -2.20. The van der Waals surface area contributed by atoms with Crippen LogP contribution >= 0.6 is 0 Å². The van der Waals surface area contributed by atoms with E-state index in [9.17, 15) is 14.4 Å². The van der Waals surface area contributed by atoms with Crippen LogP contribution in [-0.4, -0.2) is 47.9 Å². The molecule has 0 aliphatic heterocycles. The van der Waals surface area contributed by atoms with Crippen LogP contribution in [0.2, 0.25) is 0 Å². The van der Waals surface area contributed by atoms with Crippen LogP contribution in [0.15, 0.2) is 18.2 Å². The fraction of sp³-hybridized carbons (Fsp3) is 0.357. The summed E-state index contributed by atoms with van der Waals surface area (Å²) in [4.78, 5) is 34.6. The minimum Gasteiger partial charge on any atom is -0.496 e. The number of primary amides is 1. The molecule has 0 saturated carbocycles. The van der Waals surface area contributed by atoms with Crippen LogP contribution in [0.25, 0.3) is 0 Å². The third-order valence-corrected chi connectivity index (χ3v) is 2.82. The third-order valence-electron chi connectivity index (χ3n) is 2.82. The standard InChI is InChI=1S/C14H18N2O5/c1-9(17)10-3-4-12(21-2)11(5-10)6-16(7-13(15)18)8-14(19)20/h3-5H,6-8H2,1-2H3,(H2,15,18)(H,19,20). The zero-order valence-electron chi connectivity index (χ0n) is 12.0. The Hall–Kier alpha value is -2.41. The number of Topliss-reactive ketones (excluding diaryl/α,β-unsaturated/α-hetero) is 1. The van der Waals surface area contributed by atoms with Gasteiger partial charge in [-0.2, -0.15) is 0 Å². The van der Waals surface area contributed by atoms with Crippen molar-refractivity contribution in [2.75, 3.05) is 20.2 Å². The topological polar surface area (TPSA) is 110 Å². The molecule has 7 heteroatoms. The van der Waals surface area contributed by atoms with Gasteiger partial charge >= 0.3 is 5.97 Å². The van der Waals surface area contributed by atoms with Crippen LogP contribution in [-0.2, 0) is 16.1 Å². The Morgan fingerprint density at radius 3 is 2.43 bits per heavy atom. The molecule has 1 amide bonds. The average Bonchev–Trinajstić information content (AvgIpc) is 2.36. The van der Waals surface area contributed by atoms with Crippen LogP contribution in [0, 0.1) is 0 Å². The van der Waals surface area contributed by atoms with Gasteiger partial charge in [0.1, 0.15) is 5.75 Å². The molecule has 0 spiro atoms. The first-order valence-electron chi connectivity index (χ1n) is 6.23. The number of carboxylic acids is 1. The van der Waals surface area contributed by atoms with Crippen molar-refractivity contribution in [2.45, 2.75) is 13.5 Å². The van der Waals surface area contributed by atoms with Gasteiger partial charge in [0, 0.05) is 17.7 Å². The molecule has 0 aliphatic rings. The number of amides is 1. The van der Waals surface area contributed by atoms with E-state index in [4.69, 9.17) is 15.6 Å². The second-order valence-electron chi connectivity index (χ2n) is 4.59.